The van der Waals surface area contributed by atoms with E-state index in [0.29, 0.717) is 0 Å². The summed E-state index contributed by atoms with van der Waals surface area (Å²) in [5.74, 6) is 0. The minimum atomic E-state index is 0.795. The SMILES string of the molecule is c1ccc2c(c1)c1ccc3ccc4oc5ccc[n+]6c5c4c3c1n2C6. The Morgan fingerprint density at radius 3 is 2.72 bits per heavy atom. The molecule has 0 radical (unpaired) electrons. The minimum Gasteiger partial charge on any atom is -0.449 e. The van der Waals surface area contributed by atoms with Crippen LogP contribution in [0.1, 0.15) is 0 Å². The maximum Gasteiger partial charge on any atom is 0.261 e. The first-order chi connectivity index (χ1) is 12.4. The van der Waals surface area contributed by atoms with E-state index in [0.717, 1.165) is 17.8 Å². The minimum absolute atomic E-state index is 0.795. The number of aromatic nitrogens is 2. The zero-order chi connectivity index (χ0) is 16.1. The number of nitrogens with zero attached hydrogens (tertiary/aromatic N) is 2. The van der Waals surface area contributed by atoms with Crippen LogP contribution in [0.4, 0.5) is 0 Å². The number of rotatable bonds is 0. The van der Waals surface area contributed by atoms with Crippen molar-refractivity contribution in [3.05, 3.63) is 66.9 Å². The van der Waals surface area contributed by atoms with Gasteiger partial charge < -0.3 is 4.42 Å². The first-order valence-corrected chi connectivity index (χ1v) is 8.57. The number of hydrogen-bond donors (Lipinski definition) is 0. The first-order valence-electron chi connectivity index (χ1n) is 8.57. The highest BCUT2D eigenvalue weighted by Gasteiger charge is 2.27. The Balaban J connectivity index is 1.95. The van der Waals surface area contributed by atoms with Gasteiger partial charge >= 0.3 is 0 Å². The van der Waals surface area contributed by atoms with Gasteiger partial charge in [0.2, 0.25) is 6.67 Å². The molecule has 0 aliphatic carbocycles. The van der Waals surface area contributed by atoms with Crippen molar-refractivity contribution in [1.29, 1.82) is 0 Å². The topological polar surface area (TPSA) is 21.9 Å². The lowest BCUT2D eigenvalue weighted by atomic mass is 10.0. The fourth-order valence-corrected chi connectivity index (χ4v) is 4.67. The first kappa shape index (κ1) is 12.1. The van der Waals surface area contributed by atoms with Gasteiger partial charge in [-0.05, 0) is 23.6 Å². The molecule has 25 heavy (non-hydrogen) atoms. The molecule has 6 aromatic rings. The number of hydrogen-bond acceptors (Lipinski definition) is 1. The Morgan fingerprint density at radius 1 is 0.800 bits per heavy atom. The van der Waals surface area contributed by atoms with Crippen LogP contribution in [0.3, 0.4) is 0 Å². The smallest absolute Gasteiger partial charge is 0.261 e. The molecule has 0 N–H and O–H groups in total. The molecule has 0 saturated carbocycles. The Labute approximate surface area is 142 Å². The fraction of sp³-hybridized carbons (Fsp3) is 0.0455. The number of furan rings is 1. The lowest BCUT2D eigenvalue weighted by Gasteiger charge is -2.04. The molecule has 0 atom stereocenters. The molecule has 3 aromatic carbocycles. The van der Waals surface area contributed by atoms with Crippen molar-refractivity contribution < 1.29 is 8.98 Å². The molecular formula is C22H13N2O+. The van der Waals surface area contributed by atoms with Gasteiger partial charge in [0.15, 0.2) is 11.8 Å². The number of fused-ring (bicyclic) bond motifs is 3. The van der Waals surface area contributed by atoms with E-state index in [-0.39, 0.29) is 0 Å². The van der Waals surface area contributed by atoms with E-state index in [1.165, 1.54) is 43.5 Å². The number of para-hydroxylation sites is 1. The van der Waals surface area contributed by atoms with Crippen molar-refractivity contribution in [2.24, 2.45) is 0 Å². The Kier molecular flexibility index (Phi) is 1.85. The second-order valence-corrected chi connectivity index (χ2v) is 6.88. The van der Waals surface area contributed by atoms with Crippen molar-refractivity contribution in [1.82, 2.24) is 4.57 Å². The average Bonchev–Trinajstić information content (AvgIpc) is 3.13. The zero-order valence-electron chi connectivity index (χ0n) is 13.4. The van der Waals surface area contributed by atoms with Gasteiger partial charge in [-0.2, -0.15) is 4.57 Å². The van der Waals surface area contributed by atoms with Gasteiger partial charge in [-0.3, -0.25) is 4.57 Å². The van der Waals surface area contributed by atoms with E-state index < -0.39 is 0 Å². The molecule has 3 aromatic heterocycles. The highest BCUT2D eigenvalue weighted by molar-refractivity contribution is 6.28. The summed E-state index contributed by atoms with van der Waals surface area (Å²) in [6.45, 7) is 0.795. The molecule has 0 amide bonds. The van der Waals surface area contributed by atoms with Crippen LogP contribution in [0.2, 0.25) is 0 Å². The van der Waals surface area contributed by atoms with Crippen molar-refractivity contribution in [2.45, 2.75) is 6.67 Å². The average molecular weight is 321 g/mol. The Hall–Kier alpha value is -3.33. The van der Waals surface area contributed by atoms with Gasteiger partial charge in [0, 0.05) is 22.2 Å². The molecule has 116 valence electrons. The molecule has 1 aliphatic heterocycles. The van der Waals surface area contributed by atoms with E-state index in [2.05, 4.69) is 76.0 Å². The number of pyridine rings is 1. The van der Waals surface area contributed by atoms with Crippen molar-refractivity contribution in [3.63, 3.8) is 0 Å². The molecule has 3 heteroatoms. The highest BCUT2D eigenvalue weighted by atomic mass is 16.3. The summed E-state index contributed by atoms with van der Waals surface area (Å²) in [6, 6.07) is 21.6. The summed E-state index contributed by atoms with van der Waals surface area (Å²) in [7, 11) is 0. The van der Waals surface area contributed by atoms with Gasteiger partial charge in [-0.15, -0.1) is 0 Å². The molecule has 4 heterocycles. The van der Waals surface area contributed by atoms with Crippen molar-refractivity contribution in [3.8, 4) is 0 Å². The lowest BCUT2D eigenvalue weighted by molar-refractivity contribution is -0.674. The van der Waals surface area contributed by atoms with Crippen molar-refractivity contribution in [2.75, 3.05) is 0 Å². The van der Waals surface area contributed by atoms with Crippen LogP contribution in [-0.2, 0) is 6.67 Å². The Bertz CT molecular complexity index is 1520. The summed E-state index contributed by atoms with van der Waals surface area (Å²) in [5.41, 5.74) is 5.72. The van der Waals surface area contributed by atoms with Gasteiger partial charge in [-0.25, -0.2) is 0 Å². The van der Waals surface area contributed by atoms with Crippen LogP contribution in [0.25, 0.3) is 54.6 Å². The molecule has 7 rings (SSSR count). The molecule has 0 unspecified atom stereocenters. The third-order valence-corrected chi connectivity index (χ3v) is 5.66. The second-order valence-electron chi connectivity index (χ2n) is 6.88. The molecule has 1 aliphatic rings. The largest absolute Gasteiger partial charge is 0.449 e. The molecular weight excluding hydrogens is 308 g/mol. The van der Waals surface area contributed by atoms with Crippen LogP contribution < -0.4 is 4.57 Å². The normalized spacial score (nSPS) is 13.4. The predicted molar refractivity (Wildman–Crippen MR) is 99.8 cm³/mol. The maximum absolute atomic E-state index is 6.16. The summed E-state index contributed by atoms with van der Waals surface area (Å²) in [6.07, 6.45) is 2.16. The van der Waals surface area contributed by atoms with Gasteiger partial charge in [0.05, 0.1) is 11.0 Å². The van der Waals surface area contributed by atoms with Crippen LogP contribution >= 0.6 is 0 Å². The summed E-state index contributed by atoms with van der Waals surface area (Å²) in [4.78, 5) is 0. The Morgan fingerprint density at radius 2 is 1.72 bits per heavy atom. The molecule has 0 fully saturated rings. The van der Waals surface area contributed by atoms with E-state index >= 15 is 0 Å². The molecule has 0 saturated heterocycles. The van der Waals surface area contributed by atoms with Gasteiger partial charge in [-0.1, -0.05) is 36.4 Å². The standard InChI is InChI=1S/C22H13N2O/c1-2-5-16-14(4-1)15-9-7-13-8-10-17-20-19(13)21(15)24(16)12-23-11-3-6-18(25-17)22(20)23/h1-11H,12H2/q+1. The van der Waals surface area contributed by atoms with Crippen molar-refractivity contribution >= 4 is 54.6 Å². The zero-order valence-corrected chi connectivity index (χ0v) is 13.4. The lowest BCUT2D eigenvalue weighted by Crippen LogP contribution is -2.36. The predicted octanol–water partition coefficient (Wildman–Crippen LogP) is 4.95. The van der Waals surface area contributed by atoms with E-state index in [1.807, 2.05) is 0 Å². The maximum atomic E-state index is 6.16. The van der Waals surface area contributed by atoms with Gasteiger partial charge in [0.25, 0.3) is 5.52 Å². The van der Waals surface area contributed by atoms with Gasteiger partial charge in [0.1, 0.15) is 11.0 Å². The van der Waals surface area contributed by atoms with E-state index in [4.69, 9.17) is 4.42 Å². The third-order valence-electron chi connectivity index (χ3n) is 5.66. The quantitative estimate of drug-likeness (QED) is 0.362. The summed E-state index contributed by atoms with van der Waals surface area (Å²) < 4.78 is 10.9. The molecule has 0 bridgehead atoms. The molecule has 3 nitrogen and oxygen atoms in total. The fourth-order valence-electron chi connectivity index (χ4n) is 4.67. The monoisotopic (exact) mass is 321 g/mol. The number of benzene rings is 3. The van der Waals surface area contributed by atoms with Crippen LogP contribution in [-0.4, -0.2) is 4.57 Å². The van der Waals surface area contributed by atoms with Crippen LogP contribution in [0.15, 0.2) is 71.3 Å². The molecule has 0 spiro atoms. The third kappa shape index (κ3) is 1.26. The summed E-state index contributed by atoms with van der Waals surface area (Å²) in [5, 5.41) is 6.45. The van der Waals surface area contributed by atoms with E-state index in [9.17, 15) is 0 Å². The van der Waals surface area contributed by atoms with Crippen LogP contribution in [0, 0.1) is 0 Å². The highest BCUT2D eigenvalue weighted by Crippen LogP contribution is 2.41. The van der Waals surface area contributed by atoms with E-state index in [1.54, 1.807) is 0 Å². The summed E-state index contributed by atoms with van der Waals surface area (Å²) >= 11 is 0. The van der Waals surface area contributed by atoms with Crippen LogP contribution in [0.5, 0.6) is 0 Å². The second kappa shape index (κ2) is 3.83.